The molecule has 23 heavy (non-hydrogen) atoms. The second kappa shape index (κ2) is 7.13. The van der Waals surface area contributed by atoms with Crippen LogP contribution in [0.4, 0.5) is 0 Å². The van der Waals surface area contributed by atoms with Crippen molar-refractivity contribution >= 4 is 0 Å². The predicted molar refractivity (Wildman–Crippen MR) is 90.4 cm³/mol. The highest BCUT2D eigenvalue weighted by atomic mass is 16.5. The van der Waals surface area contributed by atoms with Crippen LogP contribution in [-0.2, 0) is 13.6 Å². The van der Waals surface area contributed by atoms with E-state index in [9.17, 15) is 0 Å². The third-order valence-corrected chi connectivity index (χ3v) is 4.78. The Morgan fingerprint density at radius 3 is 2.70 bits per heavy atom. The van der Waals surface area contributed by atoms with Crippen LogP contribution in [0.25, 0.3) is 0 Å². The topological polar surface area (TPSA) is 52.0 Å². The summed E-state index contributed by atoms with van der Waals surface area (Å²) >= 11 is 0. The molecule has 0 amide bonds. The van der Waals surface area contributed by atoms with Crippen molar-refractivity contribution in [3.05, 3.63) is 41.5 Å². The quantitative estimate of drug-likeness (QED) is 0.922. The molecule has 2 unspecified atom stereocenters. The minimum atomic E-state index is 0.221. The first-order valence-corrected chi connectivity index (χ1v) is 8.45. The molecule has 1 saturated carbocycles. The molecule has 1 aliphatic rings. The van der Waals surface area contributed by atoms with Gasteiger partial charge in [0.1, 0.15) is 23.5 Å². The summed E-state index contributed by atoms with van der Waals surface area (Å²) in [5.74, 6) is 2.92. The van der Waals surface area contributed by atoms with Gasteiger partial charge in [0, 0.05) is 13.1 Å². The van der Waals surface area contributed by atoms with Crippen molar-refractivity contribution < 1.29 is 4.74 Å². The van der Waals surface area contributed by atoms with E-state index >= 15 is 0 Å². The Bertz CT molecular complexity index is 652. The van der Waals surface area contributed by atoms with Gasteiger partial charge in [-0.2, -0.15) is 0 Å². The van der Waals surface area contributed by atoms with Crippen molar-refractivity contribution in [1.29, 1.82) is 0 Å². The first-order chi connectivity index (χ1) is 11.1. The molecular weight excluding hydrogens is 288 g/mol. The van der Waals surface area contributed by atoms with E-state index in [4.69, 9.17) is 4.74 Å². The molecule has 3 rings (SSSR count). The summed E-state index contributed by atoms with van der Waals surface area (Å²) < 4.78 is 8.35. The lowest BCUT2D eigenvalue weighted by molar-refractivity contribution is 0.111. The van der Waals surface area contributed by atoms with Crippen LogP contribution in [-0.4, -0.2) is 26.9 Å². The third kappa shape index (κ3) is 3.72. The highest BCUT2D eigenvalue weighted by Gasteiger charge is 2.27. The average molecular weight is 314 g/mol. The molecule has 1 aromatic carbocycles. The zero-order chi connectivity index (χ0) is 16.2. The third-order valence-electron chi connectivity index (χ3n) is 4.78. The number of aryl methyl sites for hydroxylation is 2. The van der Waals surface area contributed by atoms with Crippen LogP contribution in [0.15, 0.2) is 24.3 Å². The second-order valence-electron chi connectivity index (χ2n) is 6.42. The standard InChI is InChI=1S/C18H26N4O/c1-13-8-4-6-10-16(13)23-17-11-7-5-9-15(17)19-12-18-21-20-14(2)22(18)3/h4,6,8,10,15,17,19H,5,7,9,11-12H2,1-3H3. The fraction of sp³-hybridized carbons (Fsp3) is 0.556. The van der Waals surface area contributed by atoms with E-state index in [2.05, 4.69) is 40.6 Å². The maximum Gasteiger partial charge on any atom is 0.146 e. The molecule has 0 saturated heterocycles. The van der Waals surface area contributed by atoms with Crippen LogP contribution in [0.1, 0.15) is 42.9 Å². The molecule has 1 N–H and O–H groups in total. The maximum atomic E-state index is 6.32. The maximum absolute atomic E-state index is 6.32. The number of hydrogen-bond acceptors (Lipinski definition) is 4. The average Bonchev–Trinajstić information content (AvgIpc) is 2.88. The lowest BCUT2D eigenvalue weighted by Gasteiger charge is -2.33. The van der Waals surface area contributed by atoms with Crippen LogP contribution >= 0.6 is 0 Å². The number of ether oxygens (including phenoxy) is 1. The van der Waals surface area contributed by atoms with Gasteiger partial charge in [-0.05, 0) is 44.7 Å². The zero-order valence-electron chi connectivity index (χ0n) is 14.2. The van der Waals surface area contributed by atoms with Gasteiger partial charge in [0.05, 0.1) is 6.54 Å². The SMILES string of the molecule is Cc1ccccc1OC1CCCCC1NCc1nnc(C)n1C. The molecule has 2 aromatic rings. The molecule has 1 aromatic heterocycles. The fourth-order valence-electron chi connectivity index (χ4n) is 3.15. The smallest absolute Gasteiger partial charge is 0.146 e. The van der Waals surface area contributed by atoms with Crippen molar-refractivity contribution in [1.82, 2.24) is 20.1 Å². The van der Waals surface area contributed by atoms with Crippen LogP contribution < -0.4 is 10.1 Å². The molecule has 1 aliphatic carbocycles. The summed E-state index contributed by atoms with van der Waals surface area (Å²) in [6.07, 6.45) is 4.96. The van der Waals surface area contributed by atoms with Crippen LogP contribution in [0.2, 0.25) is 0 Å². The number of nitrogens with zero attached hydrogens (tertiary/aromatic N) is 3. The Morgan fingerprint density at radius 1 is 1.17 bits per heavy atom. The molecule has 124 valence electrons. The van der Waals surface area contributed by atoms with E-state index in [1.165, 1.54) is 18.4 Å². The summed E-state index contributed by atoms with van der Waals surface area (Å²) in [5.41, 5.74) is 1.20. The van der Waals surface area contributed by atoms with Gasteiger partial charge in [-0.3, -0.25) is 0 Å². The fourth-order valence-corrected chi connectivity index (χ4v) is 3.15. The minimum Gasteiger partial charge on any atom is -0.489 e. The number of aromatic nitrogens is 3. The number of nitrogens with one attached hydrogen (secondary N) is 1. The molecule has 5 heteroatoms. The first kappa shape index (κ1) is 16.0. The number of rotatable bonds is 5. The van der Waals surface area contributed by atoms with E-state index < -0.39 is 0 Å². The summed E-state index contributed by atoms with van der Waals surface area (Å²) in [5, 5.41) is 12.0. The Balaban J connectivity index is 1.64. The van der Waals surface area contributed by atoms with E-state index in [-0.39, 0.29) is 6.10 Å². The van der Waals surface area contributed by atoms with Crippen molar-refractivity contribution in [2.75, 3.05) is 0 Å². The summed E-state index contributed by atoms with van der Waals surface area (Å²) in [7, 11) is 2.01. The van der Waals surface area contributed by atoms with Crippen molar-refractivity contribution in [3.63, 3.8) is 0 Å². The largest absolute Gasteiger partial charge is 0.489 e. The van der Waals surface area contributed by atoms with Crippen LogP contribution in [0.3, 0.4) is 0 Å². The highest BCUT2D eigenvalue weighted by Crippen LogP contribution is 2.26. The summed E-state index contributed by atoms with van der Waals surface area (Å²) in [4.78, 5) is 0. The van der Waals surface area contributed by atoms with Gasteiger partial charge < -0.3 is 14.6 Å². The first-order valence-electron chi connectivity index (χ1n) is 8.45. The molecule has 5 nitrogen and oxygen atoms in total. The molecule has 0 spiro atoms. The minimum absolute atomic E-state index is 0.221. The molecular formula is C18H26N4O. The normalized spacial score (nSPS) is 21.3. The second-order valence-corrected chi connectivity index (χ2v) is 6.42. The van der Waals surface area contributed by atoms with Gasteiger partial charge >= 0.3 is 0 Å². The number of benzene rings is 1. The summed E-state index contributed by atoms with van der Waals surface area (Å²) in [6.45, 7) is 4.81. The lowest BCUT2D eigenvalue weighted by Crippen LogP contribution is -2.45. The molecule has 1 fully saturated rings. The van der Waals surface area contributed by atoms with Crippen molar-refractivity contribution in [2.45, 2.75) is 58.2 Å². The van der Waals surface area contributed by atoms with E-state index in [1.807, 2.05) is 24.6 Å². The van der Waals surface area contributed by atoms with Gasteiger partial charge in [0.2, 0.25) is 0 Å². The Kier molecular flexibility index (Phi) is 4.96. The lowest BCUT2D eigenvalue weighted by atomic mass is 9.92. The molecule has 2 atom stereocenters. The summed E-state index contributed by atoms with van der Waals surface area (Å²) in [6, 6.07) is 8.61. The Hall–Kier alpha value is -1.88. The van der Waals surface area contributed by atoms with Crippen molar-refractivity contribution in [3.8, 4) is 5.75 Å². The van der Waals surface area contributed by atoms with Crippen LogP contribution in [0.5, 0.6) is 5.75 Å². The van der Waals surface area contributed by atoms with E-state index in [0.29, 0.717) is 6.04 Å². The molecule has 1 heterocycles. The molecule has 0 aliphatic heterocycles. The van der Waals surface area contributed by atoms with Gasteiger partial charge in [-0.25, -0.2) is 0 Å². The van der Waals surface area contributed by atoms with Gasteiger partial charge in [-0.1, -0.05) is 24.6 Å². The Morgan fingerprint density at radius 2 is 1.96 bits per heavy atom. The van der Waals surface area contributed by atoms with Gasteiger partial charge in [-0.15, -0.1) is 10.2 Å². The number of para-hydroxylation sites is 1. The van der Waals surface area contributed by atoms with Gasteiger partial charge in [0.15, 0.2) is 0 Å². The van der Waals surface area contributed by atoms with Crippen molar-refractivity contribution in [2.24, 2.45) is 7.05 Å². The molecule has 0 radical (unpaired) electrons. The number of hydrogen-bond donors (Lipinski definition) is 1. The molecule has 0 bridgehead atoms. The van der Waals surface area contributed by atoms with E-state index in [0.717, 1.165) is 36.8 Å². The Labute approximate surface area is 138 Å². The monoisotopic (exact) mass is 314 g/mol. The highest BCUT2D eigenvalue weighted by molar-refractivity contribution is 5.32. The zero-order valence-corrected chi connectivity index (χ0v) is 14.2. The van der Waals surface area contributed by atoms with Crippen LogP contribution in [0, 0.1) is 13.8 Å². The predicted octanol–water partition coefficient (Wildman–Crippen LogP) is 2.91. The van der Waals surface area contributed by atoms with Gasteiger partial charge in [0.25, 0.3) is 0 Å². The van der Waals surface area contributed by atoms with E-state index in [1.54, 1.807) is 0 Å².